The van der Waals surface area contributed by atoms with Gasteiger partial charge in [-0.15, -0.1) is 0 Å². The standard InChI is InChI=1S/C18H30O7/c1-5-8-14(19)23-17-18(12-11-13(4)22-17,24-15(20)9-6-2)25-16(21)10-7-3/h13,17H,5-12H2,1-4H3. The summed E-state index contributed by atoms with van der Waals surface area (Å²) in [6, 6.07) is 0. The molecule has 0 N–H and O–H groups in total. The van der Waals surface area contributed by atoms with Crippen molar-refractivity contribution in [2.75, 3.05) is 0 Å². The van der Waals surface area contributed by atoms with E-state index in [1.165, 1.54) is 0 Å². The minimum Gasteiger partial charge on any atom is -0.427 e. The molecule has 1 saturated heterocycles. The Labute approximate surface area is 149 Å². The molecule has 1 heterocycles. The van der Waals surface area contributed by atoms with E-state index in [1.807, 2.05) is 27.7 Å². The highest BCUT2D eigenvalue weighted by atomic mass is 16.8. The lowest BCUT2D eigenvalue weighted by molar-refractivity contribution is -0.347. The van der Waals surface area contributed by atoms with Crippen LogP contribution in [0.4, 0.5) is 0 Å². The van der Waals surface area contributed by atoms with Gasteiger partial charge in [0.2, 0.25) is 0 Å². The number of carbonyl (C=O) groups excluding carboxylic acids is 3. The van der Waals surface area contributed by atoms with Crippen LogP contribution in [0.15, 0.2) is 0 Å². The molecule has 0 spiro atoms. The van der Waals surface area contributed by atoms with Crippen LogP contribution in [-0.2, 0) is 33.3 Å². The molecular weight excluding hydrogens is 328 g/mol. The maximum Gasteiger partial charge on any atom is 0.319 e. The Hall–Kier alpha value is -1.63. The molecule has 25 heavy (non-hydrogen) atoms. The Kier molecular flexibility index (Phi) is 8.89. The predicted octanol–water partition coefficient (Wildman–Crippen LogP) is 3.24. The molecule has 0 aliphatic carbocycles. The fourth-order valence-electron chi connectivity index (χ4n) is 2.52. The number of esters is 3. The van der Waals surface area contributed by atoms with Gasteiger partial charge in [-0.05, 0) is 32.6 Å². The van der Waals surface area contributed by atoms with Gasteiger partial charge < -0.3 is 18.9 Å². The quantitative estimate of drug-likeness (QED) is 0.462. The molecule has 7 nitrogen and oxygen atoms in total. The molecule has 0 amide bonds. The average molecular weight is 358 g/mol. The van der Waals surface area contributed by atoms with Crippen molar-refractivity contribution in [3.05, 3.63) is 0 Å². The molecule has 2 atom stereocenters. The summed E-state index contributed by atoms with van der Waals surface area (Å²) >= 11 is 0. The minimum atomic E-state index is -1.71. The lowest BCUT2D eigenvalue weighted by Crippen LogP contribution is -2.57. The number of hydrogen-bond donors (Lipinski definition) is 0. The zero-order chi connectivity index (χ0) is 18.9. The van der Waals surface area contributed by atoms with Gasteiger partial charge in [0.25, 0.3) is 6.29 Å². The molecule has 7 heteroatoms. The van der Waals surface area contributed by atoms with Crippen molar-refractivity contribution in [2.24, 2.45) is 0 Å². The maximum atomic E-state index is 12.1. The molecule has 0 saturated carbocycles. The monoisotopic (exact) mass is 358 g/mol. The van der Waals surface area contributed by atoms with Crippen molar-refractivity contribution in [1.82, 2.24) is 0 Å². The second-order valence-electron chi connectivity index (χ2n) is 6.32. The van der Waals surface area contributed by atoms with E-state index in [0.717, 1.165) is 0 Å². The van der Waals surface area contributed by atoms with E-state index in [0.29, 0.717) is 25.7 Å². The van der Waals surface area contributed by atoms with E-state index in [9.17, 15) is 14.4 Å². The second-order valence-corrected chi connectivity index (χ2v) is 6.32. The molecular formula is C18H30O7. The third-order valence-electron chi connectivity index (χ3n) is 3.79. The first-order valence-electron chi connectivity index (χ1n) is 9.15. The summed E-state index contributed by atoms with van der Waals surface area (Å²) in [5.41, 5.74) is 0. The summed E-state index contributed by atoms with van der Waals surface area (Å²) < 4.78 is 22.0. The summed E-state index contributed by atoms with van der Waals surface area (Å²) in [5.74, 6) is -3.22. The van der Waals surface area contributed by atoms with E-state index in [1.54, 1.807) is 0 Å². The van der Waals surface area contributed by atoms with E-state index in [4.69, 9.17) is 18.9 Å². The van der Waals surface area contributed by atoms with Gasteiger partial charge >= 0.3 is 23.7 Å². The van der Waals surface area contributed by atoms with E-state index in [2.05, 4.69) is 0 Å². The van der Waals surface area contributed by atoms with E-state index >= 15 is 0 Å². The van der Waals surface area contributed by atoms with Crippen molar-refractivity contribution < 1.29 is 33.3 Å². The summed E-state index contributed by atoms with van der Waals surface area (Å²) in [7, 11) is 0. The minimum absolute atomic E-state index is 0.179. The summed E-state index contributed by atoms with van der Waals surface area (Å²) in [6.45, 7) is 7.36. The molecule has 144 valence electrons. The van der Waals surface area contributed by atoms with Gasteiger partial charge in [0.1, 0.15) is 0 Å². The molecule has 0 bridgehead atoms. The van der Waals surface area contributed by atoms with Crippen molar-refractivity contribution in [1.29, 1.82) is 0 Å². The van der Waals surface area contributed by atoms with Gasteiger partial charge in [-0.2, -0.15) is 0 Å². The van der Waals surface area contributed by atoms with Crippen LogP contribution in [0.5, 0.6) is 0 Å². The molecule has 0 aromatic carbocycles. The number of rotatable bonds is 9. The third kappa shape index (κ3) is 6.65. The highest BCUT2D eigenvalue weighted by Gasteiger charge is 2.53. The number of carbonyl (C=O) groups is 3. The highest BCUT2D eigenvalue weighted by Crippen LogP contribution is 2.35. The third-order valence-corrected chi connectivity index (χ3v) is 3.79. The molecule has 1 aliphatic heterocycles. The second kappa shape index (κ2) is 10.4. The van der Waals surface area contributed by atoms with Crippen LogP contribution in [0.25, 0.3) is 0 Å². The Balaban J connectivity index is 3.05. The van der Waals surface area contributed by atoms with Crippen LogP contribution < -0.4 is 0 Å². The highest BCUT2D eigenvalue weighted by molar-refractivity contribution is 5.72. The van der Waals surface area contributed by atoms with Gasteiger partial charge in [-0.1, -0.05) is 20.8 Å². The van der Waals surface area contributed by atoms with Crippen LogP contribution in [0.3, 0.4) is 0 Å². The first-order valence-corrected chi connectivity index (χ1v) is 9.15. The van der Waals surface area contributed by atoms with Crippen molar-refractivity contribution in [3.63, 3.8) is 0 Å². The molecule has 0 aromatic rings. The molecule has 1 aliphatic rings. The zero-order valence-corrected chi connectivity index (χ0v) is 15.7. The molecule has 0 aromatic heterocycles. The van der Waals surface area contributed by atoms with Crippen LogP contribution in [0, 0.1) is 0 Å². The topological polar surface area (TPSA) is 88.1 Å². The molecule has 2 unspecified atom stereocenters. The lowest BCUT2D eigenvalue weighted by atomic mass is 10.0. The van der Waals surface area contributed by atoms with E-state index < -0.39 is 30.0 Å². The molecule has 0 radical (unpaired) electrons. The van der Waals surface area contributed by atoms with Crippen LogP contribution in [0.2, 0.25) is 0 Å². The molecule has 1 rings (SSSR count). The molecule has 1 fully saturated rings. The van der Waals surface area contributed by atoms with Gasteiger partial charge in [-0.25, -0.2) is 0 Å². The summed E-state index contributed by atoms with van der Waals surface area (Å²) in [5, 5.41) is 0. The first kappa shape index (κ1) is 21.4. The van der Waals surface area contributed by atoms with Crippen LogP contribution >= 0.6 is 0 Å². The Morgan fingerprint density at radius 1 is 0.920 bits per heavy atom. The predicted molar refractivity (Wildman–Crippen MR) is 89.3 cm³/mol. The van der Waals surface area contributed by atoms with Crippen molar-refractivity contribution in [2.45, 2.75) is 97.2 Å². The average Bonchev–Trinajstić information content (AvgIpc) is 2.51. The fraction of sp³-hybridized carbons (Fsp3) is 0.833. The number of hydrogen-bond acceptors (Lipinski definition) is 7. The SMILES string of the molecule is CCCC(=O)OC1OC(C)CCC1(OC(=O)CCC)OC(=O)CCC. The van der Waals surface area contributed by atoms with Crippen LogP contribution in [0.1, 0.15) is 79.1 Å². The van der Waals surface area contributed by atoms with Gasteiger partial charge in [-0.3, -0.25) is 14.4 Å². The first-order chi connectivity index (χ1) is 11.9. The van der Waals surface area contributed by atoms with Gasteiger partial charge in [0, 0.05) is 25.7 Å². The van der Waals surface area contributed by atoms with Gasteiger partial charge in [0.05, 0.1) is 6.10 Å². The normalized spacial score (nSPS) is 22.1. The Morgan fingerprint density at radius 3 is 1.88 bits per heavy atom. The van der Waals surface area contributed by atoms with Crippen molar-refractivity contribution in [3.8, 4) is 0 Å². The zero-order valence-electron chi connectivity index (χ0n) is 15.7. The fourth-order valence-corrected chi connectivity index (χ4v) is 2.52. The largest absolute Gasteiger partial charge is 0.427 e. The smallest absolute Gasteiger partial charge is 0.319 e. The van der Waals surface area contributed by atoms with Crippen LogP contribution in [-0.4, -0.2) is 36.1 Å². The lowest BCUT2D eigenvalue weighted by Gasteiger charge is -2.42. The summed E-state index contributed by atoms with van der Waals surface area (Å²) in [4.78, 5) is 36.1. The maximum absolute atomic E-state index is 12.1. The van der Waals surface area contributed by atoms with Crippen molar-refractivity contribution >= 4 is 17.9 Å². The summed E-state index contributed by atoms with van der Waals surface area (Å²) in [6.07, 6.45) is 1.64. The number of ether oxygens (including phenoxy) is 4. The Bertz CT molecular complexity index is 440. The Morgan fingerprint density at radius 2 is 1.40 bits per heavy atom. The van der Waals surface area contributed by atoms with Gasteiger partial charge in [0.15, 0.2) is 0 Å². The van der Waals surface area contributed by atoms with E-state index in [-0.39, 0.29) is 31.8 Å².